The van der Waals surface area contributed by atoms with Crippen molar-refractivity contribution in [3.8, 4) is 5.69 Å². The molecule has 8 nitrogen and oxygen atoms in total. The molecule has 0 bridgehead atoms. The molecule has 1 atom stereocenters. The summed E-state index contributed by atoms with van der Waals surface area (Å²) in [6.45, 7) is 2.74. The van der Waals surface area contributed by atoms with Crippen LogP contribution in [0.3, 0.4) is 0 Å². The van der Waals surface area contributed by atoms with Gasteiger partial charge in [-0.1, -0.05) is 45.4 Å². The quantitative estimate of drug-likeness (QED) is 0.390. The Morgan fingerprint density at radius 3 is 2.72 bits per heavy atom. The van der Waals surface area contributed by atoms with Gasteiger partial charge in [0.15, 0.2) is 0 Å². The molecule has 1 aliphatic heterocycles. The van der Waals surface area contributed by atoms with Crippen LogP contribution in [0.25, 0.3) is 16.5 Å². The van der Waals surface area contributed by atoms with Crippen LogP contribution in [0.1, 0.15) is 37.1 Å². The third kappa shape index (κ3) is 5.31. The first-order chi connectivity index (χ1) is 17.5. The Morgan fingerprint density at radius 2 is 1.94 bits per heavy atom. The summed E-state index contributed by atoms with van der Waals surface area (Å²) in [7, 11) is 0. The van der Waals surface area contributed by atoms with Crippen molar-refractivity contribution in [3.63, 3.8) is 0 Å². The minimum absolute atomic E-state index is 0.0712. The maximum atomic E-state index is 13.3. The van der Waals surface area contributed by atoms with E-state index in [9.17, 15) is 9.59 Å². The highest BCUT2D eigenvalue weighted by molar-refractivity contribution is 9.10. The van der Waals surface area contributed by atoms with Crippen molar-refractivity contribution in [2.24, 2.45) is 5.92 Å². The van der Waals surface area contributed by atoms with E-state index >= 15 is 0 Å². The van der Waals surface area contributed by atoms with Crippen molar-refractivity contribution in [1.29, 1.82) is 0 Å². The zero-order valence-corrected chi connectivity index (χ0v) is 21.6. The number of carbonyl (C=O) groups is 2. The number of fused-ring (bicyclic) bond motifs is 1. The predicted molar refractivity (Wildman–Crippen MR) is 140 cm³/mol. The van der Waals surface area contributed by atoms with Crippen LogP contribution in [-0.4, -0.2) is 49.8 Å². The highest BCUT2D eigenvalue weighted by atomic mass is 79.9. The van der Waals surface area contributed by atoms with Crippen LogP contribution in [0, 0.1) is 5.92 Å². The Balaban J connectivity index is 1.23. The molecule has 0 spiro atoms. The first kappa shape index (κ1) is 24.1. The van der Waals surface area contributed by atoms with Crippen LogP contribution in [0.5, 0.6) is 0 Å². The number of halogens is 1. The number of carbonyl (C=O) groups excluding carboxylic acids is 2. The summed E-state index contributed by atoms with van der Waals surface area (Å²) in [6.07, 6.45) is 8.19. The number of amides is 2. The summed E-state index contributed by atoms with van der Waals surface area (Å²) in [5.41, 5.74) is 2.69. The van der Waals surface area contributed by atoms with Gasteiger partial charge < -0.3 is 10.2 Å². The number of likely N-dealkylation sites (tertiary alicyclic amines) is 1. The van der Waals surface area contributed by atoms with E-state index in [1.54, 1.807) is 6.20 Å². The van der Waals surface area contributed by atoms with E-state index in [1.807, 2.05) is 70.5 Å². The van der Waals surface area contributed by atoms with Crippen LogP contribution in [0.15, 0.2) is 71.6 Å². The molecule has 0 radical (unpaired) electrons. The number of nitrogens with one attached hydrogen (secondary N) is 1. The number of benzene rings is 2. The lowest BCUT2D eigenvalue weighted by atomic mass is 9.91. The number of hydrogen-bond donors (Lipinski definition) is 1. The van der Waals surface area contributed by atoms with Crippen LogP contribution < -0.4 is 5.32 Å². The fraction of sp³-hybridized carbons (Fsp3) is 0.296. The first-order valence-electron chi connectivity index (χ1n) is 12.0. The molecule has 2 aromatic carbocycles. The molecule has 2 aromatic heterocycles. The van der Waals surface area contributed by atoms with E-state index in [0.717, 1.165) is 51.5 Å². The lowest BCUT2D eigenvalue weighted by Crippen LogP contribution is -2.46. The minimum Gasteiger partial charge on any atom is -0.341 e. The third-order valence-electron chi connectivity index (χ3n) is 6.65. The van der Waals surface area contributed by atoms with Crippen LogP contribution >= 0.6 is 15.9 Å². The van der Waals surface area contributed by atoms with Gasteiger partial charge in [-0.05, 0) is 55.0 Å². The molecule has 1 saturated heterocycles. The Labute approximate surface area is 217 Å². The highest BCUT2D eigenvalue weighted by Gasteiger charge is 2.30. The predicted octanol–water partition coefficient (Wildman–Crippen LogP) is 4.24. The van der Waals surface area contributed by atoms with Gasteiger partial charge in [0.25, 0.3) is 0 Å². The van der Waals surface area contributed by atoms with E-state index in [1.165, 1.54) is 6.92 Å². The average Bonchev–Trinajstić information content (AvgIpc) is 3.35. The molecule has 5 rings (SSSR count). The van der Waals surface area contributed by atoms with Gasteiger partial charge in [-0.2, -0.15) is 0 Å². The lowest BCUT2D eigenvalue weighted by molar-refractivity contribution is -0.137. The molecule has 0 saturated carbocycles. The topological polar surface area (TPSA) is 93.0 Å². The van der Waals surface area contributed by atoms with Gasteiger partial charge >= 0.3 is 0 Å². The SMILES string of the molecule is CC(=O)NC(C(=O)N1CCC(Cc2cn(-c3cccc4cnccc34)nn2)CC1)c1cccc(Br)c1. The van der Waals surface area contributed by atoms with Crippen LogP contribution in [0.2, 0.25) is 0 Å². The summed E-state index contributed by atoms with van der Waals surface area (Å²) in [5, 5.41) is 13.8. The Kier molecular flexibility index (Phi) is 7.09. The largest absolute Gasteiger partial charge is 0.341 e. The van der Waals surface area contributed by atoms with Crippen molar-refractivity contribution in [2.45, 2.75) is 32.2 Å². The second kappa shape index (κ2) is 10.6. The summed E-state index contributed by atoms with van der Waals surface area (Å²) in [4.78, 5) is 31.2. The number of piperidine rings is 1. The molecule has 1 unspecified atom stereocenters. The summed E-state index contributed by atoms with van der Waals surface area (Å²) >= 11 is 3.46. The van der Waals surface area contributed by atoms with Gasteiger partial charge in [0, 0.05) is 47.7 Å². The molecule has 1 fully saturated rings. The van der Waals surface area contributed by atoms with Crippen molar-refractivity contribution in [3.05, 3.63) is 82.9 Å². The Morgan fingerprint density at radius 1 is 1.14 bits per heavy atom. The van der Waals surface area contributed by atoms with E-state index in [0.29, 0.717) is 19.0 Å². The van der Waals surface area contributed by atoms with Gasteiger partial charge in [0.1, 0.15) is 6.04 Å². The van der Waals surface area contributed by atoms with E-state index in [4.69, 9.17) is 0 Å². The molecule has 3 heterocycles. The van der Waals surface area contributed by atoms with Gasteiger partial charge in [0.05, 0.1) is 17.6 Å². The maximum Gasteiger partial charge on any atom is 0.249 e. The van der Waals surface area contributed by atoms with Gasteiger partial charge in [0.2, 0.25) is 11.8 Å². The second-order valence-electron chi connectivity index (χ2n) is 9.19. The second-order valence-corrected chi connectivity index (χ2v) is 10.1. The zero-order chi connectivity index (χ0) is 25.1. The number of pyridine rings is 1. The van der Waals surface area contributed by atoms with Gasteiger partial charge in [-0.15, -0.1) is 5.10 Å². The molecular formula is C27H27BrN6O2. The fourth-order valence-electron chi connectivity index (χ4n) is 4.83. The highest BCUT2D eigenvalue weighted by Crippen LogP contribution is 2.26. The van der Waals surface area contributed by atoms with Crippen molar-refractivity contribution >= 4 is 38.5 Å². The molecule has 0 aliphatic carbocycles. The maximum absolute atomic E-state index is 13.3. The Bertz CT molecular complexity index is 1390. The number of nitrogens with zero attached hydrogens (tertiary/aromatic N) is 5. The first-order valence-corrected chi connectivity index (χ1v) is 12.8. The fourth-order valence-corrected chi connectivity index (χ4v) is 5.24. The van der Waals surface area contributed by atoms with Crippen LogP contribution in [-0.2, 0) is 16.0 Å². The van der Waals surface area contributed by atoms with Crippen molar-refractivity contribution in [1.82, 2.24) is 30.2 Å². The molecule has 184 valence electrons. The molecule has 1 N–H and O–H groups in total. The average molecular weight is 547 g/mol. The number of hydrogen-bond acceptors (Lipinski definition) is 5. The smallest absolute Gasteiger partial charge is 0.249 e. The van der Waals surface area contributed by atoms with Crippen molar-refractivity contribution in [2.75, 3.05) is 13.1 Å². The molecule has 1 aliphatic rings. The van der Waals surface area contributed by atoms with Gasteiger partial charge in [-0.25, -0.2) is 4.68 Å². The normalized spacial score (nSPS) is 15.1. The van der Waals surface area contributed by atoms with Crippen LogP contribution in [0.4, 0.5) is 0 Å². The monoisotopic (exact) mass is 546 g/mol. The zero-order valence-electron chi connectivity index (χ0n) is 20.0. The van der Waals surface area contributed by atoms with E-state index < -0.39 is 6.04 Å². The Hall–Kier alpha value is -3.59. The third-order valence-corrected chi connectivity index (χ3v) is 7.14. The van der Waals surface area contributed by atoms with Crippen molar-refractivity contribution < 1.29 is 9.59 Å². The number of rotatable bonds is 6. The summed E-state index contributed by atoms with van der Waals surface area (Å²) < 4.78 is 2.70. The standard InChI is InChI=1S/C27H27BrN6O2/c1-18(35)30-26(20-4-2-6-22(28)15-20)27(36)33-12-9-19(10-13-33)14-23-17-34(32-31-23)25-7-3-5-21-16-29-11-8-24(21)25/h2-8,11,15-17,19,26H,9-10,12-14H2,1H3,(H,30,35). The molecule has 36 heavy (non-hydrogen) atoms. The molecular weight excluding hydrogens is 520 g/mol. The summed E-state index contributed by atoms with van der Waals surface area (Å²) in [6, 6.07) is 14.9. The molecule has 2 amide bonds. The minimum atomic E-state index is -0.688. The van der Waals surface area contributed by atoms with E-state index in [-0.39, 0.29) is 11.8 Å². The molecule has 4 aromatic rings. The lowest BCUT2D eigenvalue weighted by Gasteiger charge is -2.34. The molecule has 9 heteroatoms. The van der Waals surface area contributed by atoms with E-state index in [2.05, 4.69) is 36.5 Å². The number of aromatic nitrogens is 4. The summed E-state index contributed by atoms with van der Waals surface area (Å²) in [5.74, 6) is 0.118. The van der Waals surface area contributed by atoms with Gasteiger partial charge in [-0.3, -0.25) is 14.6 Å².